The lowest BCUT2D eigenvalue weighted by Gasteiger charge is -2.33. The first-order chi connectivity index (χ1) is 9.03. The smallest absolute Gasteiger partial charge is 0.320 e. The summed E-state index contributed by atoms with van der Waals surface area (Å²) >= 11 is 0. The molecule has 112 valence electrons. The van der Waals surface area contributed by atoms with Gasteiger partial charge in [-0.05, 0) is 39.2 Å². The lowest BCUT2D eigenvalue weighted by Crippen LogP contribution is -2.43. The van der Waals surface area contributed by atoms with E-state index in [4.69, 9.17) is 10.8 Å². The predicted octanol–water partition coefficient (Wildman–Crippen LogP) is 2.66. The molecule has 4 nitrogen and oxygen atoms in total. The van der Waals surface area contributed by atoms with E-state index in [1.54, 1.807) is 0 Å². The summed E-state index contributed by atoms with van der Waals surface area (Å²) in [6, 6.07) is -0.697. The molecule has 1 rings (SSSR count). The molecule has 0 bridgehead atoms. The zero-order valence-corrected chi connectivity index (χ0v) is 12.3. The summed E-state index contributed by atoms with van der Waals surface area (Å²) in [5.74, 6) is -0.889. The molecule has 0 heterocycles. The van der Waals surface area contributed by atoms with Crippen molar-refractivity contribution < 1.29 is 9.90 Å². The third kappa shape index (κ3) is 6.92. The minimum absolute atomic E-state index is 0.287. The minimum Gasteiger partial charge on any atom is -0.480 e. The van der Waals surface area contributed by atoms with Crippen LogP contribution >= 0.6 is 0 Å². The van der Waals surface area contributed by atoms with Crippen molar-refractivity contribution in [2.75, 3.05) is 6.54 Å². The molecule has 1 saturated carbocycles. The van der Waals surface area contributed by atoms with Gasteiger partial charge in [-0.3, -0.25) is 4.79 Å². The number of carbonyl (C=O) groups is 1. The van der Waals surface area contributed by atoms with Gasteiger partial charge in [0.25, 0.3) is 0 Å². The Kier molecular flexibility index (Phi) is 7.39. The number of nitrogens with two attached hydrogens (primary N) is 1. The number of hydrogen-bond acceptors (Lipinski definition) is 3. The molecule has 0 spiro atoms. The van der Waals surface area contributed by atoms with Crippen molar-refractivity contribution in [3.05, 3.63) is 0 Å². The number of unbranched alkanes of at least 4 members (excludes halogenated alkanes) is 1. The quantitative estimate of drug-likeness (QED) is 0.622. The Labute approximate surface area is 117 Å². The fourth-order valence-corrected chi connectivity index (χ4v) is 2.87. The Balaban J connectivity index is 2.14. The first-order valence-corrected chi connectivity index (χ1v) is 7.77. The maximum Gasteiger partial charge on any atom is 0.320 e. The summed E-state index contributed by atoms with van der Waals surface area (Å²) in [5, 5.41) is 12.4. The molecule has 0 aromatic carbocycles. The van der Waals surface area contributed by atoms with E-state index in [-0.39, 0.29) is 5.54 Å². The van der Waals surface area contributed by atoms with Gasteiger partial charge in [-0.2, -0.15) is 0 Å². The highest BCUT2D eigenvalue weighted by atomic mass is 16.4. The first kappa shape index (κ1) is 16.4. The zero-order chi connectivity index (χ0) is 14.1. The van der Waals surface area contributed by atoms with Crippen LogP contribution in [0, 0.1) is 0 Å². The van der Waals surface area contributed by atoms with Crippen LogP contribution < -0.4 is 11.1 Å². The molecule has 1 atom stereocenters. The van der Waals surface area contributed by atoms with Crippen LogP contribution in [0.5, 0.6) is 0 Å². The summed E-state index contributed by atoms with van der Waals surface area (Å²) in [5.41, 5.74) is 5.77. The highest BCUT2D eigenvalue weighted by Gasteiger charge is 2.23. The molecule has 0 unspecified atom stereocenters. The maximum atomic E-state index is 10.6. The molecular formula is C15H30N2O2. The van der Waals surface area contributed by atoms with Crippen molar-refractivity contribution in [1.29, 1.82) is 0 Å². The fraction of sp³-hybridized carbons (Fsp3) is 0.933. The minimum atomic E-state index is -0.889. The summed E-state index contributed by atoms with van der Waals surface area (Å²) in [7, 11) is 0. The Morgan fingerprint density at radius 3 is 2.37 bits per heavy atom. The van der Waals surface area contributed by atoms with Gasteiger partial charge in [-0.15, -0.1) is 0 Å². The van der Waals surface area contributed by atoms with Gasteiger partial charge in [0.15, 0.2) is 0 Å². The number of carboxylic acid groups (broad SMARTS) is 1. The van der Waals surface area contributed by atoms with Gasteiger partial charge < -0.3 is 16.2 Å². The second kappa shape index (κ2) is 8.54. The molecule has 0 radical (unpaired) electrons. The summed E-state index contributed by atoms with van der Waals surface area (Å²) in [4.78, 5) is 10.6. The number of rotatable bonds is 7. The van der Waals surface area contributed by atoms with Gasteiger partial charge in [0.2, 0.25) is 0 Å². The molecule has 1 fully saturated rings. The van der Waals surface area contributed by atoms with Crippen molar-refractivity contribution in [2.24, 2.45) is 5.73 Å². The number of nitrogens with one attached hydrogen (secondary N) is 1. The molecule has 19 heavy (non-hydrogen) atoms. The Morgan fingerprint density at radius 2 is 1.79 bits per heavy atom. The van der Waals surface area contributed by atoms with E-state index < -0.39 is 12.0 Å². The Bertz CT molecular complexity index is 261. The standard InChI is InChI=1S/C15H30N2O2/c1-15(10-6-3-2-4-7-11-15)17-12-8-5-9-13(16)14(18)19/h13,17H,2-12,16H2,1H3,(H,18,19)/t13-/m0/s1. The van der Waals surface area contributed by atoms with Crippen molar-refractivity contribution in [2.45, 2.75) is 82.7 Å². The highest BCUT2D eigenvalue weighted by molar-refractivity contribution is 5.72. The molecule has 4 N–H and O–H groups in total. The first-order valence-electron chi connectivity index (χ1n) is 7.77. The molecule has 1 aliphatic carbocycles. The van der Waals surface area contributed by atoms with Crippen LogP contribution in [-0.2, 0) is 4.79 Å². The molecule has 0 aromatic heterocycles. The summed E-state index contributed by atoms with van der Waals surface area (Å²) in [6.45, 7) is 3.31. The topological polar surface area (TPSA) is 75.3 Å². The second-order valence-electron chi connectivity index (χ2n) is 6.20. The average molecular weight is 270 g/mol. The van der Waals surface area contributed by atoms with E-state index in [0.29, 0.717) is 6.42 Å². The van der Waals surface area contributed by atoms with Gasteiger partial charge in [-0.1, -0.05) is 38.5 Å². The van der Waals surface area contributed by atoms with Crippen LogP contribution in [0.2, 0.25) is 0 Å². The van der Waals surface area contributed by atoms with E-state index in [0.717, 1.165) is 19.4 Å². The molecule has 0 aromatic rings. The highest BCUT2D eigenvalue weighted by Crippen LogP contribution is 2.25. The van der Waals surface area contributed by atoms with Crippen LogP contribution in [0.4, 0.5) is 0 Å². The van der Waals surface area contributed by atoms with Crippen LogP contribution in [0.1, 0.15) is 71.1 Å². The second-order valence-corrected chi connectivity index (χ2v) is 6.20. The lowest BCUT2D eigenvalue weighted by atomic mass is 9.85. The number of hydrogen-bond donors (Lipinski definition) is 3. The van der Waals surface area contributed by atoms with Crippen molar-refractivity contribution in [3.8, 4) is 0 Å². The van der Waals surface area contributed by atoms with Crippen molar-refractivity contribution in [1.82, 2.24) is 5.32 Å². The monoisotopic (exact) mass is 270 g/mol. The fourth-order valence-electron chi connectivity index (χ4n) is 2.87. The van der Waals surface area contributed by atoms with Crippen molar-refractivity contribution >= 4 is 5.97 Å². The largest absolute Gasteiger partial charge is 0.480 e. The van der Waals surface area contributed by atoms with Gasteiger partial charge in [0.05, 0.1) is 0 Å². The van der Waals surface area contributed by atoms with E-state index in [1.165, 1.54) is 44.9 Å². The Morgan fingerprint density at radius 1 is 1.21 bits per heavy atom. The van der Waals surface area contributed by atoms with Gasteiger partial charge >= 0.3 is 5.97 Å². The van der Waals surface area contributed by atoms with Gasteiger partial charge in [0.1, 0.15) is 6.04 Å². The summed E-state index contributed by atoms with van der Waals surface area (Å²) in [6.07, 6.45) is 11.8. The molecule has 0 aliphatic heterocycles. The average Bonchev–Trinajstić information content (AvgIpc) is 2.34. The van der Waals surface area contributed by atoms with Crippen LogP contribution in [-0.4, -0.2) is 29.2 Å². The van der Waals surface area contributed by atoms with E-state index in [2.05, 4.69) is 12.2 Å². The van der Waals surface area contributed by atoms with E-state index >= 15 is 0 Å². The summed E-state index contributed by atoms with van der Waals surface area (Å²) < 4.78 is 0. The zero-order valence-electron chi connectivity index (χ0n) is 12.3. The maximum absolute atomic E-state index is 10.6. The normalized spacial score (nSPS) is 21.4. The van der Waals surface area contributed by atoms with Gasteiger partial charge in [0, 0.05) is 5.54 Å². The number of aliphatic carboxylic acids is 1. The predicted molar refractivity (Wildman–Crippen MR) is 78.2 cm³/mol. The van der Waals surface area contributed by atoms with Crippen LogP contribution in [0.25, 0.3) is 0 Å². The Hall–Kier alpha value is -0.610. The lowest BCUT2D eigenvalue weighted by molar-refractivity contribution is -0.138. The van der Waals surface area contributed by atoms with E-state index in [1.807, 2.05) is 0 Å². The molecule has 1 aliphatic rings. The van der Waals surface area contributed by atoms with Gasteiger partial charge in [-0.25, -0.2) is 0 Å². The third-order valence-electron chi connectivity index (χ3n) is 4.27. The molecule has 0 saturated heterocycles. The van der Waals surface area contributed by atoms with Crippen LogP contribution in [0.15, 0.2) is 0 Å². The molecular weight excluding hydrogens is 240 g/mol. The molecule has 4 heteroatoms. The SMILES string of the molecule is CC1(NCCCC[C@H](N)C(=O)O)CCCCCCC1. The molecule has 0 amide bonds. The third-order valence-corrected chi connectivity index (χ3v) is 4.27. The van der Waals surface area contributed by atoms with Crippen molar-refractivity contribution in [3.63, 3.8) is 0 Å². The number of carboxylic acids is 1. The van der Waals surface area contributed by atoms with E-state index in [9.17, 15) is 4.79 Å². The van der Waals surface area contributed by atoms with Crippen LogP contribution in [0.3, 0.4) is 0 Å².